The number of aromatic nitrogens is 3. The van der Waals surface area contributed by atoms with Gasteiger partial charge in [0.15, 0.2) is 5.82 Å². The van der Waals surface area contributed by atoms with Crippen molar-refractivity contribution in [2.45, 2.75) is 0 Å². The number of aryl methyl sites for hydroxylation is 1. The summed E-state index contributed by atoms with van der Waals surface area (Å²) < 4.78 is 28.6. The Morgan fingerprint density at radius 2 is 1.96 bits per heavy atom. The summed E-state index contributed by atoms with van der Waals surface area (Å²) in [6, 6.07) is 9.63. The molecule has 116 valence electrons. The molecule has 1 aromatic heterocycles. The van der Waals surface area contributed by atoms with Crippen LogP contribution < -0.4 is 5.32 Å². The summed E-state index contributed by atoms with van der Waals surface area (Å²) in [5, 5.41) is 10.4. The van der Waals surface area contributed by atoms with Crippen LogP contribution in [0.4, 0.5) is 14.5 Å². The predicted octanol–water partition coefficient (Wildman–Crippen LogP) is 3.01. The highest BCUT2D eigenvalue weighted by molar-refractivity contribution is 6.06. The van der Waals surface area contributed by atoms with Crippen LogP contribution in [0.25, 0.3) is 11.4 Å². The molecule has 3 aromatic rings. The summed E-state index contributed by atoms with van der Waals surface area (Å²) >= 11 is 0. The molecular weight excluding hydrogens is 302 g/mol. The van der Waals surface area contributed by atoms with Crippen LogP contribution >= 0.6 is 0 Å². The van der Waals surface area contributed by atoms with Crippen molar-refractivity contribution in [3.8, 4) is 11.4 Å². The maximum atomic E-state index is 13.7. The molecule has 1 heterocycles. The fraction of sp³-hybridized carbons (Fsp3) is 0.0625. The number of nitrogens with zero attached hydrogens (tertiary/aromatic N) is 3. The van der Waals surface area contributed by atoms with Gasteiger partial charge in [-0.3, -0.25) is 4.79 Å². The molecule has 0 aliphatic heterocycles. The summed E-state index contributed by atoms with van der Waals surface area (Å²) in [5.74, 6) is -1.67. The van der Waals surface area contributed by atoms with E-state index in [2.05, 4.69) is 15.5 Å². The highest BCUT2D eigenvalue weighted by Crippen LogP contribution is 2.26. The minimum atomic E-state index is -0.792. The van der Waals surface area contributed by atoms with E-state index >= 15 is 0 Å². The average Bonchev–Trinajstić information content (AvgIpc) is 2.96. The van der Waals surface area contributed by atoms with Crippen molar-refractivity contribution >= 4 is 11.6 Å². The van der Waals surface area contributed by atoms with E-state index in [9.17, 15) is 13.6 Å². The Balaban J connectivity index is 1.96. The Morgan fingerprint density at radius 1 is 1.17 bits per heavy atom. The van der Waals surface area contributed by atoms with E-state index < -0.39 is 17.5 Å². The molecule has 1 amide bonds. The lowest BCUT2D eigenvalue weighted by molar-refractivity contribution is 0.102. The van der Waals surface area contributed by atoms with Crippen LogP contribution in [0, 0.1) is 11.6 Å². The molecule has 7 heteroatoms. The number of anilines is 1. The Kier molecular flexibility index (Phi) is 3.84. The molecule has 0 radical (unpaired) electrons. The maximum Gasteiger partial charge on any atom is 0.258 e. The van der Waals surface area contributed by atoms with Gasteiger partial charge in [-0.15, -0.1) is 10.2 Å². The van der Waals surface area contributed by atoms with E-state index in [1.165, 1.54) is 6.33 Å². The molecule has 0 unspecified atom stereocenters. The van der Waals surface area contributed by atoms with Gasteiger partial charge in [0.1, 0.15) is 18.0 Å². The highest BCUT2D eigenvalue weighted by Gasteiger charge is 2.16. The lowest BCUT2D eigenvalue weighted by Gasteiger charge is -2.11. The van der Waals surface area contributed by atoms with E-state index in [4.69, 9.17) is 0 Å². The fourth-order valence-corrected chi connectivity index (χ4v) is 2.18. The first-order valence-corrected chi connectivity index (χ1v) is 6.76. The van der Waals surface area contributed by atoms with Gasteiger partial charge in [-0.2, -0.15) is 0 Å². The molecule has 3 rings (SSSR count). The second-order valence-corrected chi connectivity index (χ2v) is 4.89. The van der Waals surface area contributed by atoms with Crippen molar-refractivity contribution in [1.29, 1.82) is 0 Å². The normalized spacial score (nSPS) is 10.6. The number of rotatable bonds is 3. The van der Waals surface area contributed by atoms with Gasteiger partial charge in [0.2, 0.25) is 0 Å². The standard InChI is InChI=1S/C16H12F2N4O/c1-22-9-19-21-15(22)11-4-2-3-5-14(11)20-16(23)12-8-10(17)6-7-13(12)18/h2-9H,1H3,(H,20,23). The lowest BCUT2D eigenvalue weighted by Crippen LogP contribution is -2.15. The van der Waals surface area contributed by atoms with Gasteiger partial charge < -0.3 is 9.88 Å². The molecule has 1 N–H and O–H groups in total. The van der Waals surface area contributed by atoms with Gasteiger partial charge in [-0.1, -0.05) is 12.1 Å². The number of benzene rings is 2. The number of hydrogen-bond donors (Lipinski definition) is 1. The largest absolute Gasteiger partial charge is 0.321 e. The highest BCUT2D eigenvalue weighted by atomic mass is 19.1. The number of nitrogens with one attached hydrogen (secondary N) is 1. The van der Waals surface area contributed by atoms with Gasteiger partial charge in [0.05, 0.1) is 11.3 Å². The Bertz CT molecular complexity index is 876. The van der Waals surface area contributed by atoms with E-state index in [-0.39, 0.29) is 5.56 Å². The Labute approximate surface area is 130 Å². The molecule has 5 nitrogen and oxygen atoms in total. The van der Waals surface area contributed by atoms with Crippen LogP contribution in [0.15, 0.2) is 48.8 Å². The van der Waals surface area contributed by atoms with Crippen molar-refractivity contribution < 1.29 is 13.6 Å². The summed E-state index contributed by atoms with van der Waals surface area (Å²) in [5.41, 5.74) is 0.688. The van der Waals surface area contributed by atoms with Crippen molar-refractivity contribution in [2.75, 3.05) is 5.32 Å². The summed E-state index contributed by atoms with van der Waals surface area (Å²) in [4.78, 5) is 12.2. The zero-order valence-corrected chi connectivity index (χ0v) is 12.1. The van der Waals surface area contributed by atoms with Crippen LogP contribution in [0.1, 0.15) is 10.4 Å². The van der Waals surface area contributed by atoms with Crippen LogP contribution in [0.3, 0.4) is 0 Å². The van der Waals surface area contributed by atoms with Gasteiger partial charge in [0, 0.05) is 12.6 Å². The second kappa shape index (κ2) is 5.96. The molecule has 0 spiro atoms. The first kappa shape index (κ1) is 14.8. The molecular formula is C16H12F2N4O. The summed E-state index contributed by atoms with van der Waals surface area (Å²) in [6.45, 7) is 0. The number of para-hydroxylation sites is 1. The average molecular weight is 314 g/mol. The van der Waals surface area contributed by atoms with Gasteiger partial charge in [-0.25, -0.2) is 8.78 Å². The van der Waals surface area contributed by atoms with Crippen molar-refractivity contribution in [2.24, 2.45) is 7.05 Å². The van der Waals surface area contributed by atoms with Crippen LogP contribution in [0.5, 0.6) is 0 Å². The monoisotopic (exact) mass is 314 g/mol. The van der Waals surface area contributed by atoms with Gasteiger partial charge in [-0.05, 0) is 30.3 Å². The summed E-state index contributed by atoms with van der Waals surface area (Å²) in [7, 11) is 1.76. The molecule has 0 bridgehead atoms. The van der Waals surface area contributed by atoms with Crippen molar-refractivity contribution in [3.63, 3.8) is 0 Å². The number of carbonyl (C=O) groups excluding carboxylic acids is 1. The molecule has 0 aliphatic carbocycles. The zero-order chi connectivity index (χ0) is 16.4. The second-order valence-electron chi connectivity index (χ2n) is 4.89. The van der Waals surface area contributed by atoms with Crippen LogP contribution in [0.2, 0.25) is 0 Å². The molecule has 0 saturated heterocycles. The number of amides is 1. The van der Waals surface area contributed by atoms with Crippen LogP contribution in [-0.2, 0) is 7.05 Å². The lowest BCUT2D eigenvalue weighted by atomic mass is 10.1. The molecule has 0 fully saturated rings. The molecule has 2 aromatic carbocycles. The van der Waals surface area contributed by atoms with Gasteiger partial charge >= 0.3 is 0 Å². The minimum absolute atomic E-state index is 0.363. The predicted molar refractivity (Wildman–Crippen MR) is 80.8 cm³/mol. The van der Waals surface area contributed by atoms with Gasteiger partial charge in [0.25, 0.3) is 5.91 Å². The van der Waals surface area contributed by atoms with E-state index in [1.54, 1.807) is 35.9 Å². The maximum absolute atomic E-state index is 13.7. The molecule has 0 atom stereocenters. The van der Waals surface area contributed by atoms with E-state index in [1.807, 2.05) is 0 Å². The third kappa shape index (κ3) is 2.94. The topological polar surface area (TPSA) is 59.8 Å². The van der Waals surface area contributed by atoms with E-state index in [0.29, 0.717) is 17.1 Å². The zero-order valence-electron chi connectivity index (χ0n) is 12.1. The molecule has 0 aliphatic rings. The Hall–Kier alpha value is -3.09. The third-order valence-corrected chi connectivity index (χ3v) is 3.30. The number of halogens is 2. The smallest absolute Gasteiger partial charge is 0.258 e. The number of carbonyl (C=O) groups is 1. The fourth-order valence-electron chi connectivity index (χ4n) is 2.18. The number of hydrogen-bond acceptors (Lipinski definition) is 3. The molecule has 23 heavy (non-hydrogen) atoms. The quantitative estimate of drug-likeness (QED) is 0.808. The van der Waals surface area contributed by atoms with Crippen LogP contribution in [-0.4, -0.2) is 20.7 Å². The first-order chi connectivity index (χ1) is 11.1. The Morgan fingerprint density at radius 3 is 2.70 bits per heavy atom. The first-order valence-electron chi connectivity index (χ1n) is 6.76. The van der Waals surface area contributed by atoms with E-state index in [0.717, 1.165) is 18.2 Å². The SMILES string of the molecule is Cn1cnnc1-c1ccccc1NC(=O)c1cc(F)ccc1F. The minimum Gasteiger partial charge on any atom is -0.321 e. The van der Waals surface area contributed by atoms with Crippen molar-refractivity contribution in [1.82, 2.24) is 14.8 Å². The third-order valence-electron chi connectivity index (χ3n) is 3.30. The molecule has 0 saturated carbocycles. The van der Waals surface area contributed by atoms with Crippen molar-refractivity contribution in [3.05, 3.63) is 66.0 Å². The summed E-state index contributed by atoms with van der Waals surface area (Å²) in [6.07, 6.45) is 1.53.